The molecule has 14 heavy (non-hydrogen) atoms. The molecule has 1 N–H and O–H groups in total. The zero-order valence-electron chi connectivity index (χ0n) is 8.37. The minimum absolute atomic E-state index is 0.200. The van der Waals surface area contributed by atoms with E-state index in [1.807, 2.05) is 20.8 Å². The van der Waals surface area contributed by atoms with E-state index in [9.17, 15) is 4.79 Å². The summed E-state index contributed by atoms with van der Waals surface area (Å²) in [7, 11) is 0. The van der Waals surface area contributed by atoms with Crippen molar-refractivity contribution < 1.29 is 4.79 Å². The highest BCUT2D eigenvalue weighted by Gasteiger charge is 2.23. The molecule has 0 bridgehead atoms. The van der Waals surface area contributed by atoms with E-state index in [0.717, 1.165) is 0 Å². The lowest BCUT2D eigenvalue weighted by molar-refractivity contribution is -0.122. The van der Waals surface area contributed by atoms with Crippen molar-refractivity contribution in [3.63, 3.8) is 0 Å². The highest BCUT2D eigenvalue weighted by molar-refractivity contribution is 7.10. The van der Waals surface area contributed by atoms with Gasteiger partial charge in [-0.15, -0.1) is 22.9 Å². The molecule has 1 amide bonds. The molecule has 0 radical (unpaired) electrons. The van der Waals surface area contributed by atoms with Gasteiger partial charge in [-0.25, -0.2) is 4.98 Å². The molecule has 1 unspecified atom stereocenters. The third-order valence-corrected chi connectivity index (χ3v) is 2.77. The lowest BCUT2D eigenvalue weighted by atomic mass is 10.1. The van der Waals surface area contributed by atoms with E-state index in [-0.39, 0.29) is 11.4 Å². The minimum Gasteiger partial charge on any atom is -0.350 e. The van der Waals surface area contributed by atoms with Crippen LogP contribution in [0.5, 0.6) is 0 Å². The fourth-order valence-corrected chi connectivity index (χ4v) is 1.78. The summed E-state index contributed by atoms with van der Waals surface area (Å²) in [4.78, 5) is 15.6. The number of hydrogen-bond acceptors (Lipinski definition) is 3. The molecule has 0 saturated carbocycles. The number of carbonyl (C=O) groups is 1. The fourth-order valence-electron chi connectivity index (χ4n) is 0.905. The number of rotatable bonds is 2. The predicted molar refractivity (Wildman–Crippen MR) is 58.6 cm³/mol. The highest BCUT2D eigenvalue weighted by Crippen LogP contribution is 2.23. The van der Waals surface area contributed by atoms with E-state index >= 15 is 0 Å². The number of halogens is 1. The number of amides is 1. The Balaban J connectivity index is 2.63. The lowest BCUT2D eigenvalue weighted by Gasteiger charge is -2.21. The van der Waals surface area contributed by atoms with Crippen LogP contribution in [0.1, 0.15) is 31.2 Å². The van der Waals surface area contributed by atoms with Crippen LogP contribution in [-0.2, 0) is 4.79 Å². The van der Waals surface area contributed by atoms with Crippen molar-refractivity contribution >= 4 is 28.8 Å². The van der Waals surface area contributed by atoms with Gasteiger partial charge in [-0.3, -0.25) is 4.79 Å². The molecular weight excluding hydrogens is 220 g/mol. The van der Waals surface area contributed by atoms with Gasteiger partial charge in [0.25, 0.3) is 0 Å². The van der Waals surface area contributed by atoms with Crippen LogP contribution in [0.2, 0.25) is 0 Å². The van der Waals surface area contributed by atoms with E-state index in [1.165, 1.54) is 11.3 Å². The molecule has 1 aromatic rings. The van der Waals surface area contributed by atoms with Gasteiger partial charge in [0.1, 0.15) is 5.01 Å². The van der Waals surface area contributed by atoms with Crippen LogP contribution >= 0.6 is 22.9 Å². The molecule has 1 aromatic heterocycles. The Labute approximate surface area is 92.5 Å². The van der Waals surface area contributed by atoms with E-state index < -0.39 is 5.38 Å². The maximum absolute atomic E-state index is 11.6. The van der Waals surface area contributed by atoms with Crippen molar-refractivity contribution in [1.82, 2.24) is 10.3 Å². The van der Waals surface area contributed by atoms with Crippen molar-refractivity contribution in [2.75, 3.05) is 0 Å². The Kier molecular flexibility index (Phi) is 3.50. The molecule has 0 aliphatic rings. The molecule has 0 aliphatic heterocycles. The van der Waals surface area contributed by atoms with Gasteiger partial charge in [-0.05, 0) is 20.8 Å². The number of nitrogens with one attached hydrogen (secondary N) is 1. The topological polar surface area (TPSA) is 42.0 Å². The minimum atomic E-state index is -0.686. The van der Waals surface area contributed by atoms with E-state index in [2.05, 4.69) is 10.3 Å². The van der Waals surface area contributed by atoms with Crippen LogP contribution in [0.15, 0.2) is 11.6 Å². The Morgan fingerprint density at radius 2 is 2.29 bits per heavy atom. The molecular formula is C9H13ClN2OS. The molecule has 0 spiro atoms. The lowest BCUT2D eigenvalue weighted by Crippen LogP contribution is -2.42. The summed E-state index contributed by atoms with van der Waals surface area (Å²) in [5.41, 5.74) is -0.262. The van der Waals surface area contributed by atoms with Crippen molar-refractivity contribution in [3.8, 4) is 0 Å². The Hall–Kier alpha value is -0.610. The van der Waals surface area contributed by atoms with Crippen molar-refractivity contribution in [1.29, 1.82) is 0 Å². The van der Waals surface area contributed by atoms with E-state index in [4.69, 9.17) is 11.6 Å². The van der Waals surface area contributed by atoms with E-state index in [1.54, 1.807) is 11.6 Å². The van der Waals surface area contributed by atoms with Gasteiger partial charge in [0.15, 0.2) is 5.38 Å². The third kappa shape index (κ3) is 3.27. The number of carbonyl (C=O) groups excluding carboxylic acids is 1. The second-order valence-corrected chi connectivity index (χ2v) is 5.33. The molecule has 1 heterocycles. The largest absolute Gasteiger partial charge is 0.350 e. The average Bonchev–Trinajstić information content (AvgIpc) is 2.51. The van der Waals surface area contributed by atoms with Gasteiger partial charge < -0.3 is 5.32 Å². The smallest absolute Gasteiger partial charge is 0.245 e. The van der Waals surface area contributed by atoms with Crippen LogP contribution in [0, 0.1) is 0 Å². The Morgan fingerprint density at radius 1 is 1.64 bits per heavy atom. The number of nitrogens with zero attached hydrogens (tertiary/aromatic N) is 1. The first-order chi connectivity index (χ1) is 6.40. The molecule has 0 aliphatic carbocycles. The molecule has 1 atom stereocenters. The Morgan fingerprint density at radius 3 is 2.71 bits per heavy atom. The summed E-state index contributed by atoms with van der Waals surface area (Å²) in [5.74, 6) is -0.200. The molecule has 1 rings (SSSR count). The number of alkyl halides is 1. The zero-order chi connectivity index (χ0) is 10.8. The van der Waals surface area contributed by atoms with Crippen LogP contribution < -0.4 is 5.32 Å². The van der Waals surface area contributed by atoms with Gasteiger partial charge in [0.2, 0.25) is 5.91 Å². The first kappa shape index (κ1) is 11.5. The van der Waals surface area contributed by atoms with Crippen molar-refractivity contribution in [2.45, 2.75) is 31.7 Å². The van der Waals surface area contributed by atoms with Crippen LogP contribution in [0.4, 0.5) is 0 Å². The first-order valence-corrected chi connectivity index (χ1v) is 5.57. The maximum atomic E-state index is 11.6. The normalized spacial score (nSPS) is 13.7. The molecule has 0 fully saturated rings. The van der Waals surface area contributed by atoms with Gasteiger partial charge >= 0.3 is 0 Å². The summed E-state index contributed by atoms with van der Waals surface area (Å²) in [6.07, 6.45) is 1.64. The standard InChI is InChI=1S/C9H13ClN2OS/c1-9(2,3)12-7(13)6(10)8-11-4-5-14-8/h4-6H,1-3H3,(H,12,13). The maximum Gasteiger partial charge on any atom is 0.245 e. The van der Waals surface area contributed by atoms with Gasteiger partial charge in [0.05, 0.1) is 0 Å². The first-order valence-electron chi connectivity index (χ1n) is 4.25. The quantitative estimate of drug-likeness (QED) is 0.796. The summed E-state index contributed by atoms with van der Waals surface area (Å²) in [6.45, 7) is 5.74. The van der Waals surface area contributed by atoms with Crippen LogP contribution in [-0.4, -0.2) is 16.4 Å². The molecule has 78 valence electrons. The van der Waals surface area contributed by atoms with E-state index in [0.29, 0.717) is 5.01 Å². The summed E-state index contributed by atoms with van der Waals surface area (Å²) < 4.78 is 0. The fraction of sp³-hybridized carbons (Fsp3) is 0.556. The zero-order valence-corrected chi connectivity index (χ0v) is 9.95. The average molecular weight is 233 g/mol. The van der Waals surface area contributed by atoms with Gasteiger partial charge in [-0.2, -0.15) is 0 Å². The number of hydrogen-bond donors (Lipinski definition) is 1. The summed E-state index contributed by atoms with van der Waals surface area (Å²) in [5, 5.41) is 4.55. The highest BCUT2D eigenvalue weighted by atomic mass is 35.5. The molecule has 3 nitrogen and oxygen atoms in total. The third-order valence-electron chi connectivity index (χ3n) is 1.40. The predicted octanol–water partition coefficient (Wildman–Crippen LogP) is 2.34. The second kappa shape index (κ2) is 4.28. The van der Waals surface area contributed by atoms with Crippen LogP contribution in [0.3, 0.4) is 0 Å². The monoisotopic (exact) mass is 232 g/mol. The molecule has 5 heteroatoms. The van der Waals surface area contributed by atoms with Crippen molar-refractivity contribution in [3.05, 3.63) is 16.6 Å². The second-order valence-electron chi connectivity index (χ2n) is 3.97. The van der Waals surface area contributed by atoms with Crippen molar-refractivity contribution in [2.24, 2.45) is 0 Å². The molecule has 0 aromatic carbocycles. The van der Waals surface area contributed by atoms with Gasteiger partial charge in [0, 0.05) is 17.1 Å². The molecule has 0 saturated heterocycles. The summed E-state index contributed by atoms with van der Waals surface area (Å²) >= 11 is 7.32. The number of thiazole rings is 1. The SMILES string of the molecule is CC(C)(C)NC(=O)C(Cl)c1nccs1. The van der Waals surface area contributed by atoms with Crippen LogP contribution in [0.25, 0.3) is 0 Å². The number of aromatic nitrogens is 1. The summed E-state index contributed by atoms with van der Waals surface area (Å²) in [6, 6.07) is 0. The Bertz CT molecular complexity index is 305. The van der Waals surface area contributed by atoms with Gasteiger partial charge in [-0.1, -0.05) is 0 Å².